The van der Waals surface area contributed by atoms with Crippen molar-refractivity contribution in [1.29, 1.82) is 0 Å². The Kier molecular flexibility index (Phi) is 9.51. The maximum atomic E-state index is 6.71. The van der Waals surface area contributed by atoms with Crippen LogP contribution in [0.1, 0.15) is 52.7 Å². The van der Waals surface area contributed by atoms with Gasteiger partial charge in [0.1, 0.15) is 22.3 Å². The van der Waals surface area contributed by atoms with Gasteiger partial charge in [-0.05, 0) is 151 Å². The van der Waals surface area contributed by atoms with Gasteiger partial charge < -0.3 is 23.5 Å². The Hall–Kier alpha value is -9.00. The van der Waals surface area contributed by atoms with Gasteiger partial charge in [-0.25, -0.2) is 0 Å². The summed E-state index contributed by atoms with van der Waals surface area (Å²) in [6, 6.07) is 80.9. The maximum Gasteiger partial charge on any atom is 0.252 e. The van der Waals surface area contributed by atoms with Crippen molar-refractivity contribution >= 4 is 140 Å². The highest BCUT2D eigenvalue weighted by Gasteiger charge is 2.44. The molecule has 13 aromatic rings. The summed E-state index contributed by atoms with van der Waals surface area (Å²) in [5.41, 5.74) is 19.8. The molecular weight excluding hydrogens is 926 g/mol. The molecule has 0 radical (unpaired) electrons. The molecule has 11 aromatic carbocycles. The molecule has 0 atom stereocenters. The van der Waals surface area contributed by atoms with E-state index in [0.717, 1.165) is 95.1 Å². The smallest absolute Gasteiger partial charge is 0.252 e. The van der Waals surface area contributed by atoms with Gasteiger partial charge in [-0.1, -0.05) is 163 Å². The molecule has 0 saturated heterocycles. The summed E-state index contributed by atoms with van der Waals surface area (Å²) in [5.74, 6) is 0. The van der Waals surface area contributed by atoms with Crippen molar-refractivity contribution in [2.24, 2.45) is 0 Å². The molecule has 76 heavy (non-hydrogen) atoms. The van der Waals surface area contributed by atoms with E-state index in [2.05, 4.69) is 269 Å². The first-order valence-electron chi connectivity index (χ1n) is 26.6. The van der Waals surface area contributed by atoms with E-state index >= 15 is 0 Å². The second-order valence-electron chi connectivity index (χ2n) is 23.0. The molecule has 0 amide bonds. The quantitative estimate of drug-likeness (QED) is 0.127. The number of anilines is 9. The maximum absolute atomic E-state index is 6.71. The number of fused-ring (bicyclic) bond motifs is 13. The molecule has 15 rings (SSSR count). The standard InChI is InChI=1S/C70H54BN3O2/c1-69(2,3)45-25-30-47(31-26-45)73-60-18-13-19-61-68(60)71(59-41-57-54-17-10-12-21-65(54)76-67(57)42-63(59)74(61)48-32-27-46(28-33-48)70(4,5)6)58-36-34-51(40-62(58)73)72(50-35-37-66-56(39-50)53-16-9-11-20-64(53)75-66)49-29-24-44-23-22-43-14-7-8-15-52(43)55(44)38-49/h7-42H,1-6H3. The van der Waals surface area contributed by atoms with Crippen LogP contribution in [0.25, 0.3) is 65.4 Å². The van der Waals surface area contributed by atoms with Crippen LogP contribution in [0.4, 0.5) is 51.2 Å². The van der Waals surface area contributed by atoms with E-state index in [4.69, 9.17) is 8.83 Å². The van der Waals surface area contributed by atoms with Crippen LogP contribution >= 0.6 is 0 Å². The Labute approximate surface area is 442 Å². The van der Waals surface area contributed by atoms with Crippen LogP contribution < -0.4 is 31.1 Å². The summed E-state index contributed by atoms with van der Waals surface area (Å²) in [4.78, 5) is 7.44. The van der Waals surface area contributed by atoms with E-state index in [-0.39, 0.29) is 17.5 Å². The number of furan rings is 2. The van der Waals surface area contributed by atoms with E-state index in [1.54, 1.807) is 0 Å². The van der Waals surface area contributed by atoms with Gasteiger partial charge in [0.15, 0.2) is 0 Å². The number of rotatable bonds is 5. The molecule has 2 aliphatic heterocycles. The average molecular weight is 980 g/mol. The first-order valence-corrected chi connectivity index (χ1v) is 26.6. The summed E-state index contributed by atoms with van der Waals surface area (Å²) >= 11 is 0. The van der Waals surface area contributed by atoms with Gasteiger partial charge in [-0.3, -0.25) is 0 Å². The molecule has 0 unspecified atom stereocenters. The fourth-order valence-electron chi connectivity index (χ4n) is 12.5. The van der Waals surface area contributed by atoms with Gasteiger partial charge >= 0.3 is 0 Å². The highest BCUT2D eigenvalue weighted by molar-refractivity contribution is 7.00. The van der Waals surface area contributed by atoms with Gasteiger partial charge in [-0.2, -0.15) is 0 Å². The first kappa shape index (κ1) is 44.5. The molecule has 5 nitrogen and oxygen atoms in total. The predicted molar refractivity (Wildman–Crippen MR) is 322 cm³/mol. The third kappa shape index (κ3) is 6.79. The molecule has 6 heteroatoms. The monoisotopic (exact) mass is 979 g/mol. The van der Waals surface area contributed by atoms with E-state index in [1.165, 1.54) is 49.1 Å². The molecule has 0 fully saturated rings. The van der Waals surface area contributed by atoms with Crippen molar-refractivity contribution in [3.05, 3.63) is 230 Å². The molecule has 364 valence electrons. The molecular formula is C70H54BN3O2. The minimum absolute atomic E-state index is 0.00898. The Morgan fingerprint density at radius 2 is 0.816 bits per heavy atom. The first-order chi connectivity index (χ1) is 36.9. The lowest BCUT2D eigenvalue weighted by molar-refractivity contribution is 0.590. The Morgan fingerprint density at radius 3 is 1.45 bits per heavy atom. The Bertz CT molecular complexity index is 4520. The fourth-order valence-corrected chi connectivity index (χ4v) is 12.5. The summed E-state index contributed by atoms with van der Waals surface area (Å²) in [7, 11) is 0. The zero-order chi connectivity index (χ0) is 51.2. The number of benzene rings is 11. The highest BCUT2D eigenvalue weighted by atomic mass is 16.3. The van der Waals surface area contributed by atoms with E-state index in [9.17, 15) is 0 Å². The lowest BCUT2D eigenvalue weighted by Crippen LogP contribution is -2.61. The SMILES string of the molecule is CC(C)(C)c1ccc(N2c3cc(N(c4ccc5ccc6ccccc6c5c4)c4ccc5oc6ccccc6c5c4)ccc3B3c4cc5c(cc4N(c4ccc(C(C)(C)C)cc4)c4cccc2c43)oc2ccccc25)cc1. The lowest BCUT2D eigenvalue weighted by atomic mass is 9.33. The highest BCUT2D eigenvalue weighted by Crippen LogP contribution is 2.48. The summed E-state index contributed by atoms with van der Waals surface area (Å²) in [5, 5.41) is 9.29. The molecule has 0 saturated carbocycles. The second-order valence-corrected chi connectivity index (χ2v) is 23.0. The average Bonchev–Trinajstić information content (AvgIpc) is 4.00. The number of hydrogen-bond donors (Lipinski definition) is 0. The molecule has 0 aliphatic carbocycles. The Morgan fingerprint density at radius 1 is 0.342 bits per heavy atom. The second kappa shape index (κ2) is 16.3. The lowest BCUT2D eigenvalue weighted by Gasteiger charge is -2.44. The molecule has 2 aliphatic rings. The predicted octanol–water partition coefficient (Wildman–Crippen LogP) is 17.9. The summed E-state index contributed by atoms with van der Waals surface area (Å²) in [6.07, 6.45) is 0. The third-order valence-electron chi connectivity index (χ3n) is 16.3. The molecule has 0 bridgehead atoms. The van der Waals surface area contributed by atoms with Gasteiger partial charge in [0.2, 0.25) is 0 Å². The van der Waals surface area contributed by atoms with E-state index < -0.39 is 0 Å². The zero-order valence-electron chi connectivity index (χ0n) is 43.5. The van der Waals surface area contributed by atoms with Crippen LogP contribution in [0.3, 0.4) is 0 Å². The Balaban J connectivity index is 1.00. The van der Waals surface area contributed by atoms with Crippen molar-refractivity contribution < 1.29 is 8.83 Å². The van der Waals surface area contributed by atoms with Crippen molar-refractivity contribution in [1.82, 2.24) is 0 Å². The van der Waals surface area contributed by atoms with Crippen LogP contribution in [0, 0.1) is 0 Å². The number of para-hydroxylation sites is 2. The van der Waals surface area contributed by atoms with E-state index in [0.29, 0.717) is 0 Å². The van der Waals surface area contributed by atoms with Crippen molar-refractivity contribution in [3.8, 4) is 0 Å². The molecule has 0 N–H and O–H groups in total. The minimum Gasteiger partial charge on any atom is -0.456 e. The van der Waals surface area contributed by atoms with Crippen LogP contribution in [-0.4, -0.2) is 6.71 Å². The van der Waals surface area contributed by atoms with Gasteiger partial charge in [-0.15, -0.1) is 0 Å². The zero-order valence-corrected chi connectivity index (χ0v) is 43.5. The fraction of sp³-hybridized carbons (Fsp3) is 0.114. The minimum atomic E-state index is -0.104. The van der Waals surface area contributed by atoms with Gasteiger partial charge in [0.25, 0.3) is 6.71 Å². The number of nitrogens with zero attached hydrogens (tertiary/aromatic N) is 3. The third-order valence-corrected chi connectivity index (χ3v) is 16.3. The molecule has 4 heterocycles. The van der Waals surface area contributed by atoms with Crippen molar-refractivity contribution in [2.75, 3.05) is 14.7 Å². The van der Waals surface area contributed by atoms with Gasteiger partial charge in [0, 0.05) is 78.8 Å². The summed E-state index contributed by atoms with van der Waals surface area (Å²) < 4.78 is 13.2. The summed E-state index contributed by atoms with van der Waals surface area (Å²) in [6.45, 7) is 13.6. The van der Waals surface area contributed by atoms with Crippen LogP contribution in [0.2, 0.25) is 0 Å². The topological polar surface area (TPSA) is 36.0 Å². The van der Waals surface area contributed by atoms with Crippen molar-refractivity contribution in [2.45, 2.75) is 52.4 Å². The van der Waals surface area contributed by atoms with Crippen LogP contribution in [0.15, 0.2) is 227 Å². The van der Waals surface area contributed by atoms with Crippen LogP contribution in [0.5, 0.6) is 0 Å². The number of hydrogen-bond acceptors (Lipinski definition) is 5. The normalized spacial score (nSPS) is 13.3. The molecule has 2 aromatic heterocycles. The van der Waals surface area contributed by atoms with Gasteiger partial charge in [0.05, 0.1) is 0 Å². The molecule has 0 spiro atoms. The van der Waals surface area contributed by atoms with Crippen LogP contribution in [-0.2, 0) is 10.8 Å². The van der Waals surface area contributed by atoms with E-state index in [1.807, 2.05) is 6.07 Å². The van der Waals surface area contributed by atoms with Crippen molar-refractivity contribution in [3.63, 3.8) is 0 Å². The largest absolute Gasteiger partial charge is 0.456 e.